The van der Waals surface area contributed by atoms with E-state index in [1.54, 1.807) is 13.8 Å². The zero-order valence-electron chi connectivity index (χ0n) is 8.78. The van der Waals surface area contributed by atoms with Gasteiger partial charge in [0.05, 0.1) is 0 Å². The fourth-order valence-electron chi connectivity index (χ4n) is 2.28. The van der Waals surface area contributed by atoms with E-state index >= 15 is 0 Å². The highest BCUT2D eigenvalue weighted by Crippen LogP contribution is 2.69. The van der Waals surface area contributed by atoms with E-state index in [2.05, 4.69) is 0 Å². The van der Waals surface area contributed by atoms with E-state index < -0.39 is 26.7 Å². The summed E-state index contributed by atoms with van der Waals surface area (Å²) in [4.78, 5) is 22.6. The summed E-state index contributed by atoms with van der Waals surface area (Å²) in [6, 6.07) is 0. The molecule has 2 nitrogen and oxygen atoms in total. The van der Waals surface area contributed by atoms with Gasteiger partial charge in [0.25, 0.3) is 0 Å². The topological polar surface area (TPSA) is 34.1 Å². The van der Waals surface area contributed by atoms with Crippen LogP contribution in [0.15, 0.2) is 0 Å². The van der Waals surface area contributed by atoms with Crippen LogP contribution in [-0.2, 0) is 9.59 Å². The van der Waals surface area contributed by atoms with Crippen LogP contribution in [0, 0.1) is 16.2 Å². The smallest absolute Gasteiger partial charge is 0.228 e. The van der Waals surface area contributed by atoms with Crippen molar-refractivity contribution in [3.8, 4) is 0 Å². The molecule has 0 aromatic carbocycles. The maximum absolute atomic E-state index is 11.3. The molecule has 0 bridgehead atoms. The highest BCUT2D eigenvalue weighted by Gasteiger charge is 2.69. The predicted octanol–water partition coefficient (Wildman–Crippen LogP) is 2.96. The summed E-state index contributed by atoms with van der Waals surface area (Å²) in [5.41, 5.74) is -1.78. The van der Waals surface area contributed by atoms with Crippen molar-refractivity contribution in [2.45, 2.75) is 34.1 Å². The molecular formula is C10H14Cl2O2. The second-order valence-corrected chi connectivity index (χ2v) is 5.70. The summed E-state index contributed by atoms with van der Waals surface area (Å²) in [5.74, 6) is 0. The Labute approximate surface area is 93.9 Å². The molecule has 0 heterocycles. The lowest BCUT2D eigenvalue weighted by atomic mass is 9.39. The van der Waals surface area contributed by atoms with Gasteiger partial charge in [0, 0.05) is 10.8 Å². The minimum absolute atomic E-state index is 0.391. The van der Waals surface area contributed by atoms with E-state index in [9.17, 15) is 9.59 Å². The molecule has 4 heteroatoms. The van der Waals surface area contributed by atoms with Crippen LogP contribution in [0.4, 0.5) is 0 Å². The van der Waals surface area contributed by atoms with Gasteiger partial charge in [-0.05, 0) is 35.0 Å². The largest absolute Gasteiger partial charge is 0.281 e. The van der Waals surface area contributed by atoms with Gasteiger partial charge in [0.1, 0.15) is 0 Å². The molecule has 0 spiro atoms. The summed E-state index contributed by atoms with van der Waals surface area (Å²) in [5, 5.41) is -0.782. The summed E-state index contributed by atoms with van der Waals surface area (Å²) in [6.45, 7) is 7.28. The van der Waals surface area contributed by atoms with Crippen LogP contribution >= 0.6 is 23.2 Å². The molecule has 0 amide bonds. The second-order valence-electron chi connectivity index (χ2n) is 5.01. The summed E-state index contributed by atoms with van der Waals surface area (Å²) in [6.07, 6.45) is 0.428. The first-order chi connectivity index (χ1) is 6.09. The van der Waals surface area contributed by atoms with Crippen LogP contribution in [0.25, 0.3) is 0 Å². The van der Waals surface area contributed by atoms with Gasteiger partial charge in [-0.3, -0.25) is 9.59 Å². The summed E-state index contributed by atoms with van der Waals surface area (Å²) < 4.78 is 0. The Balaban J connectivity index is 3.10. The zero-order chi connectivity index (χ0) is 11.4. The minimum atomic E-state index is -0.645. The van der Waals surface area contributed by atoms with Gasteiger partial charge >= 0.3 is 0 Å². The Bertz CT molecular complexity index is 283. The average molecular weight is 237 g/mol. The van der Waals surface area contributed by atoms with E-state index in [1.807, 2.05) is 13.8 Å². The molecule has 0 radical (unpaired) electrons. The fraction of sp³-hybridized carbons (Fsp3) is 0.800. The first-order valence-corrected chi connectivity index (χ1v) is 5.25. The van der Waals surface area contributed by atoms with Crippen molar-refractivity contribution < 1.29 is 9.59 Å². The van der Waals surface area contributed by atoms with Crippen LogP contribution < -0.4 is 0 Å². The second kappa shape index (κ2) is 2.96. The van der Waals surface area contributed by atoms with Gasteiger partial charge in [-0.15, -0.1) is 0 Å². The molecule has 1 fully saturated rings. The zero-order valence-corrected chi connectivity index (χ0v) is 10.3. The normalized spacial score (nSPS) is 40.1. The molecule has 0 saturated heterocycles. The minimum Gasteiger partial charge on any atom is -0.281 e. The quantitative estimate of drug-likeness (QED) is 0.692. The molecule has 2 unspecified atom stereocenters. The van der Waals surface area contributed by atoms with Crippen molar-refractivity contribution >= 4 is 33.7 Å². The Morgan fingerprint density at radius 1 is 0.929 bits per heavy atom. The van der Waals surface area contributed by atoms with Crippen LogP contribution in [0.5, 0.6) is 0 Å². The molecule has 1 rings (SSSR count). The number of carbonyl (C=O) groups excluding carboxylic acids is 2. The SMILES string of the molecule is CC1(C(=O)Cl)CC(C)(C(=O)Cl)C1(C)C. The van der Waals surface area contributed by atoms with Crippen LogP contribution in [-0.4, -0.2) is 10.5 Å². The van der Waals surface area contributed by atoms with Crippen LogP contribution in [0.1, 0.15) is 34.1 Å². The molecule has 1 aliphatic carbocycles. The number of hydrogen-bond donors (Lipinski definition) is 0. The van der Waals surface area contributed by atoms with E-state index in [0.29, 0.717) is 6.42 Å². The van der Waals surface area contributed by atoms with Gasteiger partial charge in [0.15, 0.2) is 0 Å². The van der Waals surface area contributed by atoms with Crippen molar-refractivity contribution in [3.63, 3.8) is 0 Å². The monoisotopic (exact) mass is 236 g/mol. The number of hydrogen-bond acceptors (Lipinski definition) is 2. The van der Waals surface area contributed by atoms with Gasteiger partial charge in [-0.2, -0.15) is 0 Å². The molecule has 0 aromatic rings. The Hall–Kier alpha value is -0.0800. The lowest BCUT2D eigenvalue weighted by Gasteiger charge is -2.63. The van der Waals surface area contributed by atoms with Gasteiger partial charge in [-0.1, -0.05) is 27.7 Å². The first-order valence-electron chi connectivity index (χ1n) is 4.49. The molecule has 0 aliphatic heterocycles. The highest BCUT2D eigenvalue weighted by molar-refractivity contribution is 6.66. The third kappa shape index (κ3) is 1.10. The number of carbonyl (C=O) groups is 2. The predicted molar refractivity (Wildman–Crippen MR) is 56.3 cm³/mol. The van der Waals surface area contributed by atoms with Crippen molar-refractivity contribution in [2.75, 3.05) is 0 Å². The van der Waals surface area contributed by atoms with Crippen molar-refractivity contribution in [3.05, 3.63) is 0 Å². The molecule has 80 valence electrons. The molecule has 1 saturated carbocycles. The van der Waals surface area contributed by atoms with E-state index in [4.69, 9.17) is 23.2 Å². The van der Waals surface area contributed by atoms with Gasteiger partial charge < -0.3 is 0 Å². The highest BCUT2D eigenvalue weighted by atomic mass is 35.5. The van der Waals surface area contributed by atoms with Crippen molar-refractivity contribution in [2.24, 2.45) is 16.2 Å². The molecule has 1 aliphatic rings. The number of rotatable bonds is 2. The van der Waals surface area contributed by atoms with E-state index in [0.717, 1.165) is 0 Å². The van der Waals surface area contributed by atoms with Crippen molar-refractivity contribution in [1.82, 2.24) is 0 Å². The lowest BCUT2D eigenvalue weighted by molar-refractivity contribution is -0.183. The van der Waals surface area contributed by atoms with Gasteiger partial charge in [0.2, 0.25) is 10.5 Å². The molecule has 2 atom stereocenters. The van der Waals surface area contributed by atoms with Crippen molar-refractivity contribution in [1.29, 1.82) is 0 Å². The standard InChI is InChI=1S/C10H14Cl2O2/c1-8(2)9(3,6(11)13)5-10(8,4)7(12)14/h5H2,1-4H3. The fourth-order valence-corrected chi connectivity index (χ4v) is 2.89. The Morgan fingerprint density at radius 3 is 1.36 bits per heavy atom. The van der Waals surface area contributed by atoms with E-state index in [-0.39, 0.29) is 0 Å². The molecule has 0 N–H and O–H groups in total. The van der Waals surface area contributed by atoms with Gasteiger partial charge in [-0.25, -0.2) is 0 Å². The lowest BCUT2D eigenvalue weighted by Crippen LogP contribution is -2.64. The Morgan fingerprint density at radius 2 is 1.21 bits per heavy atom. The number of halogens is 2. The maximum atomic E-state index is 11.3. The molecular weight excluding hydrogens is 223 g/mol. The average Bonchev–Trinajstić information content (AvgIpc) is 2.03. The summed E-state index contributed by atoms with van der Waals surface area (Å²) >= 11 is 11.1. The molecule has 14 heavy (non-hydrogen) atoms. The summed E-state index contributed by atoms with van der Waals surface area (Å²) in [7, 11) is 0. The first kappa shape index (κ1) is 12.0. The van der Waals surface area contributed by atoms with Crippen LogP contribution in [0.2, 0.25) is 0 Å². The maximum Gasteiger partial charge on any atom is 0.228 e. The van der Waals surface area contributed by atoms with E-state index in [1.165, 1.54) is 0 Å². The molecule has 0 aromatic heterocycles. The Kier molecular flexibility index (Phi) is 2.53. The third-order valence-corrected chi connectivity index (χ3v) is 5.17. The van der Waals surface area contributed by atoms with Crippen LogP contribution in [0.3, 0.4) is 0 Å². The third-order valence-electron chi connectivity index (χ3n) is 4.33.